The number of benzene rings is 2. The average molecular weight is 365 g/mol. The second-order valence-corrected chi connectivity index (χ2v) is 7.15. The lowest BCUT2D eigenvalue weighted by Gasteiger charge is -2.14. The van der Waals surface area contributed by atoms with Crippen LogP contribution in [0.2, 0.25) is 0 Å². The minimum absolute atomic E-state index is 0.122. The Kier molecular flexibility index (Phi) is 6.24. The maximum Gasteiger partial charge on any atom is 0.257 e. The number of carbonyl (C=O) groups is 1. The van der Waals surface area contributed by atoms with E-state index in [9.17, 15) is 4.79 Å². The molecule has 0 unspecified atom stereocenters. The lowest BCUT2D eigenvalue weighted by Crippen LogP contribution is -2.36. The highest BCUT2D eigenvalue weighted by atomic mass is 16.5. The van der Waals surface area contributed by atoms with Gasteiger partial charge < -0.3 is 10.1 Å². The van der Waals surface area contributed by atoms with Crippen molar-refractivity contribution >= 4 is 17.6 Å². The standard InChI is InChI=1S/C22H27N3O2/c1-15-6-4-7-18(11-15)21(26)25-22(23-14-20-8-5-9-27-20)24-19-12-16(2)10-17(3)13-19/h4,6-7,10-13,20H,5,8-9,14H2,1-3H3,(H2,23,24,25,26)/t20-/m0/s1. The van der Waals surface area contributed by atoms with Gasteiger partial charge in [-0.15, -0.1) is 0 Å². The molecular weight excluding hydrogens is 338 g/mol. The van der Waals surface area contributed by atoms with E-state index in [2.05, 4.69) is 21.7 Å². The molecule has 1 aliphatic rings. The minimum atomic E-state index is -0.179. The molecule has 27 heavy (non-hydrogen) atoms. The van der Waals surface area contributed by atoms with Gasteiger partial charge in [0.25, 0.3) is 5.91 Å². The zero-order valence-corrected chi connectivity index (χ0v) is 16.2. The molecule has 0 spiro atoms. The molecule has 0 radical (unpaired) electrons. The second-order valence-electron chi connectivity index (χ2n) is 7.15. The largest absolute Gasteiger partial charge is 0.376 e. The first kappa shape index (κ1) is 19.1. The van der Waals surface area contributed by atoms with E-state index in [-0.39, 0.29) is 12.0 Å². The van der Waals surface area contributed by atoms with Crippen LogP contribution in [0.15, 0.2) is 47.5 Å². The van der Waals surface area contributed by atoms with E-state index in [1.165, 1.54) is 0 Å². The van der Waals surface area contributed by atoms with Gasteiger partial charge in [0.1, 0.15) is 0 Å². The van der Waals surface area contributed by atoms with Crippen molar-refractivity contribution in [3.05, 3.63) is 64.7 Å². The van der Waals surface area contributed by atoms with E-state index in [1.54, 1.807) is 6.07 Å². The average Bonchev–Trinajstić information content (AvgIpc) is 3.12. The zero-order valence-electron chi connectivity index (χ0n) is 16.2. The number of nitrogens with one attached hydrogen (secondary N) is 2. The number of aryl methyl sites for hydroxylation is 3. The first-order valence-corrected chi connectivity index (χ1v) is 9.39. The third-order valence-electron chi connectivity index (χ3n) is 4.47. The third-order valence-corrected chi connectivity index (χ3v) is 4.47. The molecule has 0 saturated carbocycles. The number of nitrogens with zero attached hydrogens (tertiary/aromatic N) is 1. The Morgan fingerprint density at radius 3 is 2.56 bits per heavy atom. The molecule has 2 aromatic rings. The Balaban J connectivity index is 1.77. The van der Waals surface area contributed by atoms with Crippen LogP contribution in [0.1, 0.15) is 39.9 Å². The van der Waals surface area contributed by atoms with Crippen molar-refractivity contribution in [2.45, 2.75) is 39.7 Å². The summed E-state index contributed by atoms with van der Waals surface area (Å²) in [6, 6.07) is 13.7. The molecule has 1 amide bonds. The van der Waals surface area contributed by atoms with Gasteiger partial charge in [-0.1, -0.05) is 23.8 Å². The van der Waals surface area contributed by atoms with Gasteiger partial charge >= 0.3 is 0 Å². The first-order valence-electron chi connectivity index (χ1n) is 9.39. The van der Waals surface area contributed by atoms with Crippen molar-refractivity contribution in [3.63, 3.8) is 0 Å². The van der Waals surface area contributed by atoms with Crippen LogP contribution in [0.4, 0.5) is 5.69 Å². The quantitative estimate of drug-likeness (QED) is 0.636. The maximum atomic E-state index is 12.7. The molecule has 1 fully saturated rings. The number of ether oxygens (including phenoxy) is 1. The predicted octanol–water partition coefficient (Wildman–Crippen LogP) is 3.99. The Morgan fingerprint density at radius 1 is 1.11 bits per heavy atom. The van der Waals surface area contributed by atoms with Gasteiger partial charge in [0.05, 0.1) is 12.6 Å². The van der Waals surface area contributed by atoms with Crippen molar-refractivity contribution in [1.29, 1.82) is 0 Å². The molecule has 5 nitrogen and oxygen atoms in total. The molecule has 1 saturated heterocycles. The number of hydrogen-bond donors (Lipinski definition) is 2. The van der Waals surface area contributed by atoms with Crippen molar-refractivity contribution < 1.29 is 9.53 Å². The fourth-order valence-corrected chi connectivity index (χ4v) is 3.24. The van der Waals surface area contributed by atoms with Crippen molar-refractivity contribution in [2.75, 3.05) is 18.5 Å². The predicted molar refractivity (Wildman–Crippen MR) is 109 cm³/mol. The highest BCUT2D eigenvalue weighted by Crippen LogP contribution is 2.15. The maximum absolute atomic E-state index is 12.7. The molecule has 2 N–H and O–H groups in total. The van der Waals surface area contributed by atoms with Gasteiger partial charge in [0.2, 0.25) is 5.96 Å². The number of amides is 1. The van der Waals surface area contributed by atoms with Crippen LogP contribution < -0.4 is 10.6 Å². The summed E-state index contributed by atoms with van der Waals surface area (Å²) in [4.78, 5) is 17.3. The lowest BCUT2D eigenvalue weighted by atomic mass is 10.1. The molecule has 1 aliphatic heterocycles. The van der Waals surface area contributed by atoms with Crippen LogP contribution in [-0.4, -0.2) is 31.1 Å². The van der Waals surface area contributed by atoms with Gasteiger partial charge in [-0.05, 0) is 69.0 Å². The number of rotatable bonds is 4. The normalized spacial score (nSPS) is 17.0. The molecule has 3 rings (SSSR count). The van der Waals surface area contributed by atoms with Crippen LogP contribution in [0.3, 0.4) is 0 Å². The summed E-state index contributed by atoms with van der Waals surface area (Å²) < 4.78 is 5.65. The van der Waals surface area contributed by atoms with Gasteiger partial charge in [-0.3, -0.25) is 10.1 Å². The van der Waals surface area contributed by atoms with Gasteiger partial charge in [-0.2, -0.15) is 0 Å². The Bertz CT molecular complexity index is 819. The Labute approximate surface area is 160 Å². The third kappa shape index (κ3) is 5.66. The van der Waals surface area contributed by atoms with Crippen molar-refractivity contribution in [1.82, 2.24) is 5.32 Å². The summed E-state index contributed by atoms with van der Waals surface area (Å²) in [5.41, 5.74) is 4.87. The van der Waals surface area contributed by atoms with Crippen LogP contribution in [0.25, 0.3) is 0 Å². The topological polar surface area (TPSA) is 62.7 Å². The smallest absolute Gasteiger partial charge is 0.257 e. The zero-order chi connectivity index (χ0) is 19.2. The number of anilines is 1. The highest BCUT2D eigenvalue weighted by molar-refractivity contribution is 6.10. The SMILES string of the molecule is Cc1cc(C)cc(NC(=NC[C@@H]2CCCO2)NC(=O)c2cccc(C)c2)c1. The van der Waals surface area contributed by atoms with Crippen LogP contribution in [0.5, 0.6) is 0 Å². The van der Waals surface area contributed by atoms with E-state index in [0.29, 0.717) is 18.1 Å². The monoisotopic (exact) mass is 365 g/mol. The number of aliphatic imine (C=N–C) groups is 1. The van der Waals surface area contributed by atoms with Crippen molar-refractivity contribution in [2.24, 2.45) is 4.99 Å². The summed E-state index contributed by atoms with van der Waals surface area (Å²) in [5, 5.41) is 6.18. The molecule has 1 heterocycles. The second kappa shape index (κ2) is 8.82. The summed E-state index contributed by atoms with van der Waals surface area (Å²) in [6.07, 6.45) is 2.19. The van der Waals surface area contributed by atoms with Crippen molar-refractivity contribution in [3.8, 4) is 0 Å². The molecule has 142 valence electrons. The fourth-order valence-electron chi connectivity index (χ4n) is 3.24. The van der Waals surface area contributed by atoms with Gasteiger partial charge in [0.15, 0.2) is 0 Å². The van der Waals surface area contributed by atoms with E-state index in [4.69, 9.17) is 4.74 Å². The summed E-state index contributed by atoms with van der Waals surface area (Å²) >= 11 is 0. The Morgan fingerprint density at radius 2 is 1.89 bits per heavy atom. The van der Waals surface area contributed by atoms with Gasteiger partial charge in [0, 0.05) is 17.9 Å². The van der Waals surface area contributed by atoms with E-state index in [0.717, 1.165) is 41.8 Å². The minimum Gasteiger partial charge on any atom is -0.376 e. The molecule has 2 aromatic carbocycles. The van der Waals surface area contributed by atoms with E-state index < -0.39 is 0 Å². The van der Waals surface area contributed by atoms with Gasteiger partial charge in [-0.25, -0.2) is 4.99 Å². The van der Waals surface area contributed by atoms with Crippen LogP contribution >= 0.6 is 0 Å². The molecule has 1 atom stereocenters. The molecule has 0 aromatic heterocycles. The first-order chi connectivity index (χ1) is 13.0. The van der Waals surface area contributed by atoms with E-state index >= 15 is 0 Å². The molecule has 0 bridgehead atoms. The molecule has 5 heteroatoms. The Hall–Kier alpha value is -2.66. The molecule has 0 aliphatic carbocycles. The number of guanidine groups is 1. The number of hydrogen-bond acceptors (Lipinski definition) is 3. The van der Waals surface area contributed by atoms with E-state index in [1.807, 2.05) is 51.1 Å². The van der Waals surface area contributed by atoms with Crippen LogP contribution in [-0.2, 0) is 4.74 Å². The summed E-state index contributed by atoms with van der Waals surface area (Å²) in [5.74, 6) is 0.267. The summed E-state index contributed by atoms with van der Waals surface area (Å²) in [6.45, 7) is 7.38. The number of carbonyl (C=O) groups excluding carboxylic acids is 1. The van der Waals surface area contributed by atoms with Crippen LogP contribution in [0, 0.1) is 20.8 Å². The highest BCUT2D eigenvalue weighted by Gasteiger charge is 2.16. The molecular formula is C22H27N3O2. The fraction of sp³-hybridized carbons (Fsp3) is 0.364. The lowest BCUT2D eigenvalue weighted by molar-refractivity contribution is 0.0975. The summed E-state index contributed by atoms with van der Waals surface area (Å²) in [7, 11) is 0.